The van der Waals surface area contributed by atoms with Gasteiger partial charge < -0.3 is 9.84 Å². The molecule has 1 aromatic carbocycles. The van der Waals surface area contributed by atoms with Crippen molar-refractivity contribution in [2.45, 2.75) is 45.3 Å². The van der Waals surface area contributed by atoms with Gasteiger partial charge in [0, 0.05) is 12.6 Å². The van der Waals surface area contributed by atoms with Crippen molar-refractivity contribution in [1.29, 1.82) is 0 Å². The number of aromatic nitrogens is 1. The Morgan fingerprint density at radius 3 is 2.92 bits per heavy atom. The van der Waals surface area contributed by atoms with Gasteiger partial charge >= 0.3 is 0 Å². The van der Waals surface area contributed by atoms with E-state index in [9.17, 15) is 9.18 Å². The fourth-order valence-corrected chi connectivity index (χ4v) is 3.03. The minimum atomic E-state index is -0.243. The standard InChI is InChI=1S/C18H22FN3O2/c1-2-15-10-16(24-21-15)11-20-18(23)17-4-3-9-22(17)12-13-5-7-14(19)8-6-13/h5-8,10,17H,2-4,9,11-12H2,1H3,(H,20,23)/t17-/m0/s1. The molecule has 0 saturated carbocycles. The van der Waals surface area contributed by atoms with Gasteiger partial charge in [-0.2, -0.15) is 0 Å². The lowest BCUT2D eigenvalue weighted by atomic mass is 10.1. The highest BCUT2D eigenvalue weighted by Crippen LogP contribution is 2.20. The van der Waals surface area contributed by atoms with E-state index in [4.69, 9.17) is 4.52 Å². The molecule has 2 aromatic rings. The lowest BCUT2D eigenvalue weighted by molar-refractivity contribution is -0.125. The minimum Gasteiger partial charge on any atom is -0.359 e. The zero-order valence-electron chi connectivity index (χ0n) is 13.8. The number of benzene rings is 1. The molecule has 128 valence electrons. The third-order valence-electron chi connectivity index (χ3n) is 4.37. The zero-order chi connectivity index (χ0) is 16.9. The molecule has 1 aliphatic heterocycles. The van der Waals surface area contributed by atoms with E-state index in [0.29, 0.717) is 18.8 Å². The number of amides is 1. The normalized spacial score (nSPS) is 18.0. The molecule has 1 aromatic heterocycles. The van der Waals surface area contributed by atoms with Crippen LogP contribution < -0.4 is 5.32 Å². The van der Waals surface area contributed by atoms with Crippen LogP contribution in [0, 0.1) is 5.82 Å². The molecule has 2 heterocycles. The van der Waals surface area contributed by atoms with Crippen LogP contribution >= 0.6 is 0 Å². The Balaban J connectivity index is 1.55. The van der Waals surface area contributed by atoms with Crippen molar-refractivity contribution in [3.63, 3.8) is 0 Å². The van der Waals surface area contributed by atoms with Crippen LogP contribution in [0.3, 0.4) is 0 Å². The highest BCUT2D eigenvalue weighted by Gasteiger charge is 2.30. The lowest BCUT2D eigenvalue weighted by Crippen LogP contribution is -2.42. The predicted octanol–water partition coefficient (Wildman–Crippen LogP) is 2.66. The molecule has 1 N–H and O–H groups in total. The molecule has 0 radical (unpaired) electrons. The summed E-state index contributed by atoms with van der Waals surface area (Å²) in [6.45, 7) is 3.89. The molecule has 1 fully saturated rings. The quantitative estimate of drug-likeness (QED) is 0.884. The maximum atomic E-state index is 13.0. The molecule has 0 unspecified atom stereocenters. The maximum absolute atomic E-state index is 13.0. The Morgan fingerprint density at radius 2 is 2.21 bits per heavy atom. The first kappa shape index (κ1) is 16.6. The molecule has 1 atom stereocenters. The average molecular weight is 331 g/mol. The molecule has 0 bridgehead atoms. The summed E-state index contributed by atoms with van der Waals surface area (Å²) in [5.74, 6) is 0.431. The zero-order valence-corrected chi connectivity index (χ0v) is 13.8. The van der Waals surface area contributed by atoms with E-state index in [-0.39, 0.29) is 17.8 Å². The third-order valence-corrected chi connectivity index (χ3v) is 4.37. The Labute approximate surface area is 140 Å². The van der Waals surface area contributed by atoms with Crippen molar-refractivity contribution in [3.05, 3.63) is 53.2 Å². The number of hydrogen-bond donors (Lipinski definition) is 1. The third kappa shape index (κ3) is 4.00. The number of carbonyl (C=O) groups excluding carboxylic acids is 1. The van der Waals surface area contributed by atoms with Crippen molar-refractivity contribution in [1.82, 2.24) is 15.4 Å². The second-order valence-corrected chi connectivity index (χ2v) is 6.11. The number of rotatable bonds is 6. The highest BCUT2D eigenvalue weighted by atomic mass is 19.1. The number of nitrogens with one attached hydrogen (secondary N) is 1. The van der Waals surface area contributed by atoms with E-state index in [2.05, 4.69) is 15.4 Å². The summed E-state index contributed by atoms with van der Waals surface area (Å²) < 4.78 is 18.2. The first-order valence-corrected chi connectivity index (χ1v) is 8.36. The van der Waals surface area contributed by atoms with Gasteiger partial charge in [0.15, 0.2) is 5.76 Å². The molecule has 0 spiro atoms. The Morgan fingerprint density at radius 1 is 1.42 bits per heavy atom. The first-order valence-electron chi connectivity index (χ1n) is 8.36. The smallest absolute Gasteiger partial charge is 0.237 e. The molecule has 0 aliphatic carbocycles. The molecule has 24 heavy (non-hydrogen) atoms. The molecule has 5 nitrogen and oxygen atoms in total. The Hall–Kier alpha value is -2.21. The van der Waals surface area contributed by atoms with Crippen LogP contribution in [0.5, 0.6) is 0 Å². The van der Waals surface area contributed by atoms with Crippen LogP contribution in [0.4, 0.5) is 4.39 Å². The minimum absolute atomic E-state index is 0.00376. The summed E-state index contributed by atoms with van der Waals surface area (Å²) in [6, 6.07) is 8.16. The fraction of sp³-hybridized carbons (Fsp3) is 0.444. The summed E-state index contributed by atoms with van der Waals surface area (Å²) in [5, 5.41) is 6.85. The second-order valence-electron chi connectivity index (χ2n) is 6.11. The van der Waals surface area contributed by atoms with Crippen molar-refractivity contribution in [3.8, 4) is 0 Å². The van der Waals surface area contributed by atoms with Crippen molar-refractivity contribution >= 4 is 5.91 Å². The lowest BCUT2D eigenvalue weighted by Gasteiger charge is -2.23. The van der Waals surface area contributed by atoms with Gasteiger partial charge in [-0.05, 0) is 43.5 Å². The van der Waals surface area contributed by atoms with E-state index in [1.54, 1.807) is 12.1 Å². The summed E-state index contributed by atoms with van der Waals surface area (Å²) in [7, 11) is 0. The van der Waals surface area contributed by atoms with E-state index < -0.39 is 0 Å². The first-order chi connectivity index (χ1) is 11.7. The molecule has 1 amide bonds. The Kier molecular flexibility index (Phi) is 5.25. The van der Waals surface area contributed by atoms with Crippen LogP contribution in [-0.2, 0) is 24.3 Å². The number of aryl methyl sites for hydroxylation is 1. The van der Waals surface area contributed by atoms with E-state index in [1.165, 1.54) is 12.1 Å². The summed E-state index contributed by atoms with van der Waals surface area (Å²) in [4.78, 5) is 14.6. The van der Waals surface area contributed by atoms with Crippen LogP contribution in [0.25, 0.3) is 0 Å². The molecule has 1 saturated heterocycles. The average Bonchev–Trinajstić information content (AvgIpc) is 3.24. The molecule has 3 rings (SSSR count). The maximum Gasteiger partial charge on any atom is 0.237 e. The van der Waals surface area contributed by atoms with Gasteiger partial charge in [-0.3, -0.25) is 9.69 Å². The molecule has 6 heteroatoms. The molecule has 1 aliphatic rings. The van der Waals surface area contributed by atoms with Gasteiger partial charge in [0.2, 0.25) is 5.91 Å². The summed E-state index contributed by atoms with van der Waals surface area (Å²) in [6.07, 6.45) is 2.64. The van der Waals surface area contributed by atoms with E-state index >= 15 is 0 Å². The molecular formula is C18H22FN3O2. The van der Waals surface area contributed by atoms with Gasteiger partial charge in [-0.25, -0.2) is 4.39 Å². The largest absolute Gasteiger partial charge is 0.359 e. The van der Waals surface area contributed by atoms with Crippen molar-refractivity contribution in [2.75, 3.05) is 6.54 Å². The summed E-state index contributed by atoms with van der Waals surface area (Å²) in [5.41, 5.74) is 1.90. The van der Waals surface area contributed by atoms with E-state index in [1.807, 2.05) is 13.0 Å². The SMILES string of the molecule is CCc1cc(CNC(=O)[C@@H]2CCCN2Cc2ccc(F)cc2)on1. The number of likely N-dealkylation sites (tertiary alicyclic amines) is 1. The number of nitrogens with zero attached hydrogens (tertiary/aromatic N) is 2. The van der Waals surface area contributed by atoms with Gasteiger partial charge in [0.05, 0.1) is 18.3 Å². The van der Waals surface area contributed by atoms with Crippen molar-refractivity contribution < 1.29 is 13.7 Å². The van der Waals surface area contributed by atoms with Crippen LogP contribution in [0.1, 0.15) is 36.8 Å². The summed E-state index contributed by atoms with van der Waals surface area (Å²) >= 11 is 0. The van der Waals surface area contributed by atoms with Crippen LogP contribution in [0.15, 0.2) is 34.9 Å². The topological polar surface area (TPSA) is 58.4 Å². The van der Waals surface area contributed by atoms with Gasteiger partial charge in [0.25, 0.3) is 0 Å². The molecular weight excluding hydrogens is 309 g/mol. The van der Waals surface area contributed by atoms with Gasteiger partial charge in [-0.15, -0.1) is 0 Å². The van der Waals surface area contributed by atoms with Crippen molar-refractivity contribution in [2.24, 2.45) is 0 Å². The highest BCUT2D eigenvalue weighted by molar-refractivity contribution is 5.81. The van der Waals surface area contributed by atoms with E-state index in [0.717, 1.165) is 37.1 Å². The van der Waals surface area contributed by atoms with Gasteiger partial charge in [0.1, 0.15) is 5.82 Å². The van der Waals surface area contributed by atoms with Crippen LogP contribution in [0.2, 0.25) is 0 Å². The second kappa shape index (κ2) is 7.57. The fourth-order valence-electron chi connectivity index (χ4n) is 3.03. The number of carbonyl (C=O) groups is 1. The number of hydrogen-bond acceptors (Lipinski definition) is 4. The monoisotopic (exact) mass is 331 g/mol. The predicted molar refractivity (Wildman–Crippen MR) is 87.6 cm³/mol. The Bertz CT molecular complexity index is 684. The number of halogens is 1. The van der Waals surface area contributed by atoms with Gasteiger partial charge in [-0.1, -0.05) is 24.2 Å². The van der Waals surface area contributed by atoms with Crippen LogP contribution in [-0.4, -0.2) is 28.6 Å².